The van der Waals surface area contributed by atoms with Gasteiger partial charge in [0.15, 0.2) is 0 Å². The highest BCUT2D eigenvalue weighted by Gasteiger charge is 2.16. The van der Waals surface area contributed by atoms with Crippen molar-refractivity contribution in [3.8, 4) is 0 Å². The van der Waals surface area contributed by atoms with Gasteiger partial charge in [-0.15, -0.1) is 0 Å². The first-order valence-electron chi connectivity index (χ1n) is 9.26. The molecular weight excluding hydrogens is 328 g/mol. The number of esters is 1. The van der Waals surface area contributed by atoms with Crippen molar-refractivity contribution in [2.45, 2.75) is 73.5 Å². The minimum Gasteiger partial charge on any atom is -0.458 e. The molecule has 0 rings (SSSR count). The predicted molar refractivity (Wildman–Crippen MR) is 108 cm³/mol. The van der Waals surface area contributed by atoms with Crippen molar-refractivity contribution in [1.29, 1.82) is 0 Å². The van der Waals surface area contributed by atoms with Crippen molar-refractivity contribution in [2.75, 3.05) is 13.2 Å². The van der Waals surface area contributed by atoms with Crippen LogP contribution in [0.1, 0.15) is 67.2 Å². The number of carbonyl (C=O) groups excluding carboxylic acids is 1. The molecule has 26 heavy (non-hydrogen) atoms. The Labute approximate surface area is 159 Å². The molecule has 1 atom stereocenters. The van der Waals surface area contributed by atoms with E-state index in [9.17, 15) is 9.90 Å². The Balaban J connectivity index is 4.05. The molecule has 148 valence electrons. The van der Waals surface area contributed by atoms with Crippen LogP contribution < -0.4 is 0 Å². The van der Waals surface area contributed by atoms with Crippen molar-refractivity contribution >= 4 is 5.97 Å². The largest absolute Gasteiger partial charge is 0.458 e. The Morgan fingerprint density at radius 1 is 0.808 bits per heavy atom. The van der Waals surface area contributed by atoms with Crippen LogP contribution in [0.3, 0.4) is 0 Å². The highest BCUT2D eigenvalue weighted by atomic mass is 16.6. The highest BCUT2D eigenvalue weighted by molar-refractivity contribution is 5.72. The van der Waals surface area contributed by atoms with Crippen molar-refractivity contribution in [1.82, 2.24) is 0 Å². The van der Waals surface area contributed by atoms with Gasteiger partial charge < -0.3 is 14.6 Å². The molecule has 0 bridgehead atoms. The van der Waals surface area contributed by atoms with E-state index in [4.69, 9.17) is 9.47 Å². The van der Waals surface area contributed by atoms with E-state index >= 15 is 0 Å². The molecule has 0 aromatic rings. The van der Waals surface area contributed by atoms with Crippen LogP contribution in [0.15, 0.2) is 46.6 Å². The van der Waals surface area contributed by atoms with E-state index in [1.54, 1.807) is 0 Å². The lowest BCUT2D eigenvalue weighted by Gasteiger charge is -2.10. The number of carbonyl (C=O) groups is 1. The Bertz CT molecular complexity index is 530. The number of aliphatic hydroxyl groups excluding tert-OH is 1. The third-order valence-corrected chi connectivity index (χ3v) is 3.73. The van der Waals surface area contributed by atoms with Gasteiger partial charge in [-0.2, -0.15) is 0 Å². The van der Waals surface area contributed by atoms with Gasteiger partial charge >= 0.3 is 5.97 Å². The van der Waals surface area contributed by atoms with Gasteiger partial charge in [0.25, 0.3) is 6.29 Å². The third-order valence-electron chi connectivity index (χ3n) is 3.73. The van der Waals surface area contributed by atoms with Gasteiger partial charge in [-0.05, 0) is 73.3 Å². The summed E-state index contributed by atoms with van der Waals surface area (Å²) in [5, 5.41) is 9.68. The standard InChI is InChI=1S/C22H36O4/c1-17(2)9-7-11-19(5)13-15-25-21(23)22(24)26-16-14-20(6)12-8-10-18(3)4/h9-10,13-14,21,23H,7-8,11-12,15-16H2,1-6H3. The molecule has 4 nitrogen and oxygen atoms in total. The smallest absolute Gasteiger partial charge is 0.363 e. The van der Waals surface area contributed by atoms with Gasteiger partial charge in [-0.1, -0.05) is 40.5 Å². The molecule has 4 heteroatoms. The van der Waals surface area contributed by atoms with E-state index in [0.717, 1.165) is 36.8 Å². The quantitative estimate of drug-likeness (QED) is 0.292. The molecule has 0 spiro atoms. The second-order valence-corrected chi connectivity index (χ2v) is 7.06. The predicted octanol–water partition coefficient (Wildman–Crippen LogP) is 5.25. The molecule has 0 saturated carbocycles. The first-order valence-corrected chi connectivity index (χ1v) is 9.26. The molecule has 1 N–H and O–H groups in total. The van der Waals surface area contributed by atoms with Crippen LogP contribution in [-0.4, -0.2) is 30.6 Å². The molecule has 0 aliphatic heterocycles. The molecule has 1 unspecified atom stereocenters. The summed E-state index contributed by atoms with van der Waals surface area (Å²) in [4.78, 5) is 11.7. The maximum atomic E-state index is 11.7. The van der Waals surface area contributed by atoms with Gasteiger partial charge in [-0.25, -0.2) is 4.79 Å². The first-order chi connectivity index (χ1) is 12.2. The van der Waals surface area contributed by atoms with E-state index in [-0.39, 0.29) is 13.2 Å². The topological polar surface area (TPSA) is 55.8 Å². The van der Waals surface area contributed by atoms with Crippen molar-refractivity contribution < 1.29 is 19.4 Å². The second kappa shape index (κ2) is 14.5. The normalized spacial score (nSPS) is 13.2. The van der Waals surface area contributed by atoms with Crippen LogP contribution in [-0.2, 0) is 14.3 Å². The number of allylic oxidation sites excluding steroid dienone is 6. The summed E-state index contributed by atoms with van der Waals surface area (Å²) in [6.07, 6.45) is 10.4. The summed E-state index contributed by atoms with van der Waals surface area (Å²) in [5.41, 5.74) is 4.91. The second-order valence-electron chi connectivity index (χ2n) is 7.06. The molecular formula is C22H36O4. The van der Waals surface area contributed by atoms with E-state index in [0.29, 0.717) is 0 Å². The fourth-order valence-corrected chi connectivity index (χ4v) is 2.07. The maximum Gasteiger partial charge on any atom is 0.363 e. The molecule has 0 aromatic heterocycles. The van der Waals surface area contributed by atoms with Crippen LogP contribution in [0.25, 0.3) is 0 Å². The fourth-order valence-electron chi connectivity index (χ4n) is 2.07. The molecule has 0 amide bonds. The summed E-state index contributed by atoms with van der Waals surface area (Å²) in [5.74, 6) is -0.756. The molecule has 0 saturated heterocycles. The average Bonchev–Trinajstić information content (AvgIpc) is 2.53. The van der Waals surface area contributed by atoms with Crippen molar-refractivity contribution in [2.24, 2.45) is 0 Å². The van der Waals surface area contributed by atoms with Crippen LogP contribution in [0, 0.1) is 0 Å². The number of hydrogen-bond donors (Lipinski definition) is 1. The number of ether oxygens (including phenoxy) is 2. The number of hydrogen-bond acceptors (Lipinski definition) is 4. The van der Waals surface area contributed by atoms with Gasteiger partial charge in [0.1, 0.15) is 6.61 Å². The molecule has 0 aliphatic rings. The third kappa shape index (κ3) is 14.7. The van der Waals surface area contributed by atoms with Gasteiger partial charge in [0.05, 0.1) is 6.61 Å². The molecule has 0 aliphatic carbocycles. The van der Waals surface area contributed by atoms with Crippen LogP contribution in [0.4, 0.5) is 0 Å². The van der Waals surface area contributed by atoms with E-state index in [1.165, 1.54) is 11.1 Å². The molecule has 0 fully saturated rings. The maximum absolute atomic E-state index is 11.7. The zero-order chi connectivity index (χ0) is 19.9. The average molecular weight is 365 g/mol. The van der Waals surface area contributed by atoms with E-state index in [2.05, 4.69) is 39.8 Å². The lowest BCUT2D eigenvalue weighted by Crippen LogP contribution is -2.26. The SMILES string of the molecule is CC(C)=CCCC(C)=CCOC(=O)C(O)OCC=C(C)CCC=C(C)C. The first kappa shape index (κ1) is 24.4. The lowest BCUT2D eigenvalue weighted by molar-refractivity contribution is -0.179. The van der Waals surface area contributed by atoms with Crippen molar-refractivity contribution in [3.05, 3.63) is 46.6 Å². The Morgan fingerprint density at radius 2 is 1.27 bits per heavy atom. The monoisotopic (exact) mass is 364 g/mol. The van der Waals surface area contributed by atoms with Crippen molar-refractivity contribution in [3.63, 3.8) is 0 Å². The van der Waals surface area contributed by atoms with Crippen LogP contribution >= 0.6 is 0 Å². The number of rotatable bonds is 12. The summed E-state index contributed by atoms with van der Waals surface area (Å²) in [7, 11) is 0. The Hall–Kier alpha value is -1.65. The molecule has 0 heterocycles. The van der Waals surface area contributed by atoms with E-state index < -0.39 is 12.3 Å². The lowest BCUT2D eigenvalue weighted by atomic mass is 10.1. The van der Waals surface area contributed by atoms with Crippen LogP contribution in [0.5, 0.6) is 0 Å². The molecule has 0 radical (unpaired) electrons. The summed E-state index contributed by atoms with van der Waals surface area (Å²) < 4.78 is 10.1. The molecule has 0 aromatic carbocycles. The Morgan fingerprint density at radius 3 is 1.73 bits per heavy atom. The Kier molecular flexibility index (Phi) is 13.6. The fraction of sp³-hybridized carbons (Fsp3) is 0.591. The van der Waals surface area contributed by atoms with Gasteiger partial charge in [0.2, 0.25) is 0 Å². The van der Waals surface area contributed by atoms with Gasteiger partial charge in [0, 0.05) is 0 Å². The number of aliphatic hydroxyl groups is 1. The summed E-state index contributed by atoms with van der Waals surface area (Å²) >= 11 is 0. The minimum atomic E-state index is -1.55. The van der Waals surface area contributed by atoms with Gasteiger partial charge in [-0.3, -0.25) is 0 Å². The van der Waals surface area contributed by atoms with E-state index in [1.807, 2.05) is 26.0 Å². The van der Waals surface area contributed by atoms with Crippen LogP contribution in [0.2, 0.25) is 0 Å². The minimum absolute atomic E-state index is 0.150. The summed E-state index contributed by atoms with van der Waals surface area (Å²) in [6, 6.07) is 0. The zero-order valence-electron chi connectivity index (χ0n) is 17.3. The highest BCUT2D eigenvalue weighted by Crippen LogP contribution is 2.08. The zero-order valence-corrected chi connectivity index (χ0v) is 17.3. The summed E-state index contributed by atoms with van der Waals surface area (Å²) in [6.45, 7) is 12.6.